The van der Waals surface area contributed by atoms with Gasteiger partial charge in [0.1, 0.15) is 6.04 Å². The van der Waals surface area contributed by atoms with Crippen molar-refractivity contribution in [3.8, 4) is 11.5 Å². The molecule has 0 aliphatic carbocycles. The molecule has 0 spiro atoms. The Bertz CT molecular complexity index is 652. The maximum Gasteiger partial charge on any atom is 0.242 e. The first-order chi connectivity index (χ1) is 13.1. The minimum Gasteiger partial charge on any atom is -0.493 e. The summed E-state index contributed by atoms with van der Waals surface area (Å²) in [4.78, 5) is 25.0. The molecule has 6 heteroatoms. The molecule has 28 heavy (non-hydrogen) atoms. The summed E-state index contributed by atoms with van der Waals surface area (Å²) >= 11 is 0. The molecule has 0 saturated heterocycles. The Balaban J connectivity index is 2.67. The molecule has 0 saturated carbocycles. The Hall–Kier alpha value is -2.24. The highest BCUT2D eigenvalue weighted by Gasteiger charge is 2.27. The van der Waals surface area contributed by atoms with Crippen molar-refractivity contribution in [1.82, 2.24) is 10.6 Å². The van der Waals surface area contributed by atoms with Crippen LogP contribution in [0, 0.1) is 11.3 Å². The molecule has 158 valence electrons. The van der Waals surface area contributed by atoms with Gasteiger partial charge in [-0.25, -0.2) is 0 Å². The number of carbonyl (C=O) groups is 2. The minimum atomic E-state index is -0.523. The van der Waals surface area contributed by atoms with Gasteiger partial charge in [-0.15, -0.1) is 0 Å². The van der Waals surface area contributed by atoms with Crippen LogP contribution >= 0.6 is 0 Å². The Labute approximate surface area is 169 Å². The molecule has 2 atom stereocenters. The lowest BCUT2D eigenvalue weighted by atomic mass is 9.91. The van der Waals surface area contributed by atoms with E-state index >= 15 is 0 Å². The van der Waals surface area contributed by atoms with E-state index in [0.717, 1.165) is 12.0 Å². The first-order valence-corrected chi connectivity index (χ1v) is 9.89. The van der Waals surface area contributed by atoms with Crippen LogP contribution in [-0.4, -0.2) is 38.6 Å². The fourth-order valence-electron chi connectivity index (χ4n) is 2.88. The van der Waals surface area contributed by atoms with Crippen LogP contribution in [-0.2, 0) is 16.0 Å². The molecule has 0 aliphatic heterocycles. The highest BCUT2D eigenvalue weighted by molar-refractivity contribution is 5.88. The number of amides is 2. The maximum atomic E-state index is 12.7. The second kappa shape index (κ2) is 10.9. The third-order valence-electron chi connectivity index (χ3n) is 4.66. The van der Waals surface area contributed by atoms with Gasteiger partial charge in [-0.1, -0.05) is 47.1 Å². The second-order valence-electron chi connectivity index (χ2n) is 8.40. The average Bonchev–Trinajstić information content (AvgIpc) is 2.63. The molecule has 0 heterocycles. The van der Waals surface area contributed by atoms with Gasteiger partial charge in [0.25, 0.3) is 0 Å². The van der Waals surface area contributed by atoms with Crippen LogP contribution < -0.4 is 20.1 Å². The number of benzene rings is 1. The standard InChI is InChI=1S/C22H36N2O4/c1-8-15(2)20(24-19(25)14-22(3,4)5)21(26)23-12-11-16-9-10-17(27-6)18(13-16)28-7/h9-10,13,15,20H,8,11-12,14H2,1-7H3,(H,23,26)(H,24,25). The SMILES string of the molecule is CCC(C)C(NC(=O)CC(C)(C)C)C(=O)NCCc1ccc(OC)c(OC)c1. The van der Waals surface area contributed by atoms with Crippen molar-refractivity contribution < 1.29 is 19.1 Å². The summed E-state index contributed by atoms with van der Waals surface area (Å²) < 4.78 is 10.6. The van der Waals surface area contributed by atoms with Gasteiger partial charge in [0.2, 0.25) is 11.8 Å². The molecule has 0 bridgehead atoms. The monoisotopic (exact) mass is 392 g/mol. The van der Waals surface area contributed by atoms with E-state index in [-0.39, 0.29) is 23.1 Å². The summed E-state index contributed by atoms with van der Waals surface area (Å²) in [6.45, 7) is 10.5. The van der Waals surface area contributed by atoms with Gasteiger partial charge in [0.15, 0.2) is 11.5 Å². The van der Waals surface area contributed by atoms with E-state index in [0.29, 0.717) is 30.9 Å². The van der Waals surface area contributed by atoms with Crippen LogP contribution in [0.3, 0.4) is 0 Å². The van der Waals surface area contributed by atoms with E-state index in [4.69, 9.17) is 9.47 Å². The highest BCUT2D eigenvalue weighted by Crippen LogP contribution is 2.27. The summed E-state index contributed by atoms with van der Waals surface area (Å²) in [6.07, 6.45) is 1.86. The van der Waals surface area contributed by atoms with Crippen LogP contribution in [0.25, 0.3) is 0 Å². The molecule has 2 amide bonds. The second-order valence-corrected chi connectivity index (χ2v) is 8.40. The zero-order chi connectivity index (χ0) is 21.3. The number of nitrogens with one attached hydrogen (secondary N) is 2. The van der Waals surface area contributed by atoms with Gasteiger partial charge in [-0.2, -0.15) is 0 Å². The highest BCUT2D eigenvalue weighted by atomic mass is 16.5. The zero-order valence-corrected chi connectivity index (χ0v) is 18.3. The summed E-state index contributed by atoms with van der Waals surface area (Å²) in [5.41, 5.74) is 0.920. The zero-order valence-electron chi connectivity index (χ0n) is 18.3. The van der Waals surface area contributed by atoms with Crippen molar-refractivity contribution in [2.45, 2.75) is 59.9 Å². The smallest absolute Gasteiger partial charge is 0.242 e. The van der Waals surface area contributed by atoms with Crippen molar-refractivity contribution >= 4 is 11.8 Å². The Morgan fingerprint density at radius 1 is 1.11 bits per heavy atom. The van der Waals surface area contributed by atoms with Crippen molar-refractivity contribution in [2.75, 3.05) is 20.8 Å². The normalized spacial score (nSPS) is 13.4. The van der Waals surface area contributed by atoms with Crippen molar-refractivity contribution in [2.24, 2.45) is 11.3 Å². The lowest BCUT2D eigenvalue weighted by molar-refractivity contribution is -0.131. The van der Waals surface area contributed by atoms with Gasteiger partial charge in [0, 0.05) is 13.0 Å². The van der Waals surface area contributed by atoms with Crippen LogP contribution in [0.15, 0.2) is 18.2 Å². The van der Waals surface area contributed by atoms with Crippen molar-refractivity contribution in [1.29, 1.82) is 0 Å². The van der Waals surface area contributed by atoms with Gasteiger partial charge in [0.05, 0.1) is 14.2 Å². The quantitative estimate of drug-likeness (QED) is 0.640. The summed E-state index contributed by atoms with van der Waals surface area (Å²) in [5.74, 6) is 1.17. The lowest BCUT2D eigenvalue weighted by Gasteiger charge is -2.25. The largest absolute Gasteiger partial charge is 0.493 e. The first kappa shape index (κ1) is 23.8. The van der Waals surface area contributed by atoms with E-state index in [1.54, 1.807) is 14.2 Å². The average molecular weight is 393 g/mol. The third-order valence-corrected chi connectivity index (χ3v) is 4.66. The van der Waals surface area contributed by atoms with Gasteiger partial charge in [-0.3, -0.25) is 9.59 Å². The topological polar surface area (TPSA) is 76.7 Å². The molecule has 6 nitrogen and oxygen atoms in total. The molecule has 1 aromatic rings. The summed E-state index contributed by atoms with van der Waals surface area (Å²) in [7, 11) is 3.20. The van der Waals surface area contributed by atoms with Crippen molar-refractivity contribution in [3.63, 3.8) is 0 Å². The number of hydrogen-bond acceptors (Lipinski definition) is 4. The summed E-state index contributed by atoms with van der Waals surface area (Å²) in [6, 6.07) is 5.18. The predicted molar refractivity (Wildman–Crippen MR) is 112 cm³/mol. The number of ether oxygens (including phenoxy) is 2. The van der Waals surface area contributed by atoms with Crippen LogP contribution in [0.5, 0.6) is 11.5 Å². The molecule has 1 rings (SSSR count). The Morgan fingerprint density at radius 2 is 1.75 bits per heavy atom. The minimum absolute atomic E-state index is 0.0602. The Morgan fingerprint density at radius 3 is 2.29 bits per heavy atom. The molecule has 2 unspecified atom stereocenters. The number of rotatable bonds is 10. The lowest BCUT2D eigenvalue weighted by Crippen LogP contribution is -2.51. The first-order valence-electron chi connectivity index (χ1n) is 9.89. The van der Waals surface area contributed by atoms with Gasteiger partial charge >= 0.3 is 0 Å². The third kappa shape index (κ3) is 7.79. The van der Waals surface area contributed by atoms with Crippen molar-refractivity contribution in [3.05, 3.63) is 23.8 Å². The molecular formula is C22H36N2O4. The van der Waals surface area contributed by atoms with E-state index < -0.39 is 6.04 Å². The van der Waals surface area contributed by atoms with E-state index in [9.17, 15) is 9.59 Å². The molecule has 2 N–H and O–H groups in total. The molecule has 0 fully saturated rings. The number of carbonyl (C=O) groups excluding carboxylic acids is 2. The molecule has 0 aliphatic rings. The fraction of sp³-hybridized carbons (Fsp3) is 0.636. The number of methoxy groups -OCH3 is 2. The van der Waals surface area contributed by atoms with E-state index in [2.05, 4.69) is 10.6 Å². The van der Waals surface area contributed by atoms with E-state index in [1.165, 1.54) is 0 Å². The van der Waals surface area contributed by atoms with Gasteiger partial charge < -0.3 is 20.1 Å². The Kier molecular flexibility index (Phi) is 9.29. The van der Waals surface area contributed by atoms with Crippen LogP contribution in [0.2, 0.25) is 0 Å². The fourth-order valence-corrected chi connectivity index (χ4v) is 2.88. The maximum absolute atomic E-state index is 12.7. The predicted octanol–water partition coefficient (Wildman–Crippen LogP) is 3.33. The summed E-state index contributed by atoms with van der Waals surface area (Å²) in [5, 5.41) is 5.87. The number of hydrogen-bond donors (Lipinski definition) is 2. The van der Waals surface area contributed by atoms with Gasteiger partial charge in [-0.05, 0) is 35.4 Å². The molecule has 1 aromatic carbocycles. The van der Waals surface area contributed by atoms with E-state index in [1.807, 2.05) is 52.8 Å². The van der Waals surface area contributed by atoms with Crippen LogP contribution in [0.4, 0.5) is 0 Å². The molecular weight excluding hydrogens is 356 g/mol. The van der Waals surface area contributed by atoms with Crippen LogP contribution in [0.1, 0.15) is 53.0 Å². The molecule has 0 aromatic heterocycles. The molecule has 0 radical (unpaired) electrons.